The predicted molar refractivity (Wildman–Crippen MR) is 135 cm³/mol. The highest BCUT2D eigenvalue weighted by molar-refractivity contribution is 6.31. The number of halogens is 1. The molecule has 0 saturated heterocycles. The van der Waals surface area contributed by atoms with Gasteiger partial charge in [-0.15, -0.1) is 0 Å². The second-order valence-electron chi connectivity index (χ2n) is 8.97. The number of carbonyl (C=O) groups excluding carboxylic acids is 2. The van der Waals surface area contributed by atoms with Crippen molar-refractivity contribution >= 4 is 29.1 Å². The molecule has 1 aliphatic rings. The van der Waals surface area contributed by atoms with Crippen LogP contribution in [0, 0.1) is 5.41 Å². The van der Waals surface area contributed by atoms with Crippen LogP contribution in [0.4, 0.5) is 5.69 Å². The van der Waals surface area contributed by atoms with Crippen LogP contribution in [0.15, 0.2) is 76.9 Å². The number of primary amides is 1. The Labute approximate surface area is 196 Å². The number of carbonyl (C=O) groups is 2. The highest BCUT2D eigenvalue weighted by Gasteiger charge is 2.26. The maximum absolute atomic E-state index is 12.3. The van der Waals surface area contributed by atoms with Crippen molar-refractivity contribution in [2.75, 3.05) is 5.32 Å². The topological polar surface area (TPSA) is 72.2 Å². The molecule has 0 atom stereocenters. The highest BCUT2D eigenvalue weighted by atomic mass is 35.5. The number of anilines is 1. The molecule has 2 amide bonds. The normalized spacial score (nSPS) is 17.3. The van der Waals surface area contributed by atoms with Crippen molar-refractivity contribution in [3.05, 3.63) is 87.5 Å². The van der Waals surface area contributed by atoms with Gasteiger partial charge in [0.05, 0.1) is 11.3 Å². The third kappa shape index (κ3) is 7.38. The Kier molecular flexibility index (Phi) is 8.85. The number of nitrogens with one attached hydrogen (secondary N) is 1. The van der Waals surface area contributed by atoms with Crippen molar-refractivity contribution in [2.24, 2.45) is 11.1 Å². The summed E-state index contributed by atoms with van der Waals surface area (Å²) < 4.78 is 0. The van der Waals surface area contributed by atoms with Gasteiger partial charge in [-0.2, -0.15) is 0 Å². The molecule has 0 aliphatic heterocycles. The van der Waals surface area contributed by atoms with Crippen LogP contribution >= 0.6 is 11.6 Å². The van der Waals surface area contributed by atoms with E-state index in [1.54, 1.807) is 6.07 Å². The number of benzene rings is 1. The number of rotatable bonds is 7. The zero-order valence-electron chi connectivity index (χ0n) is 19.6. The Morgan fingerprint density at radius 2 is 1.88 bits per heavy atom. The Morgan fingerprint density at radius 3 is 2.53 bits per heavy atom. The maximum Gasteiger partial charge on any atom is 0.250 e. The second-order valence-corrected chi connectivity index (χ2v) is 9.40. The van der Waals surface area contributed by atoms with E-state index in [2.05, 4.69) is 45.2 Å². The maximum atomic E-state index is 12.3. The Balaban J connectivity index is 2.04. The van der Waals surface area contributed by atoms with Gasteiger partial charge in [0.1, 0.15) is 0 Å². The van der Waals surface area contributed by atoms with Crippen molar-refractivity contribution < 1.29 is 9.59 Å². The second kappa shape index (κ2) is 11.1. The zero-order valence-corrected chi connectivity index (χ0v) is 20.3. The smallest absolute Gasteiger partial charge is 0.250 e. The lowest BCUT2D eigenvalue weighted by atomic mass is 9.72. The van der Waals surface area contributed by atoms with Crippen LogP contribution in [-0.2, 0) is 4.79 Å². The first-order chi connectivity index (χ1) is 15.0. The molecule has 0 radical (unpaired) electrons. The number of hydrogen-bond acceptors (Lipinski definition) is 2. The van der Waals surface area contributed by atoms with Gasteiger partial charge in [0.15, 0.2) is 0 Å². The molecule has 2 rings (SSSR count). The molecule has 0 aromatic heterocycles. The van der Waals surface area contributed by atoms with Crippen molar-refractivity contribution in [2.45, 2.75) is 53.9 Å². The van der Waals surface area contributed by atoms with Gasteiger partial charge < -0.3 is 11.1 Å². The van der Waals surface area contributed by atoms with E-state index in [0.29, 0.717) is 10.7 Å². The minimum atomic E-state index is -0.631. The minimum absolute atomic E-state index is 0.209. The molecule has 4 nitrogen and oxygen atoms in total. The summed E-state index contributed by atoms with van der Waals surface area (Å²) in [5.41, 5.74) is 10.9. The molecule has 0 heterocycles. The molecule has 5 heteroatoms. The summed E-state index contributed by atoms with van der Waals surface area (Å²) >= 11 is 5.96. The SMILES string of the molecule is CC(C=CC1=C(C)CCCC1(C)C)=CC=CC(C)=CC(=O)Nc1cc(Cl)ccc1C(N)=O. The molecule has 32 heavy (non-hydrogen) atoms. The summed E-state index contributed by atoms with van der Waals surface area (Å²) in [5.74, 6) is -0.992. The number of nitrogens with two attached hydrogens (primary N) is 1. The lowest BCUT2D eigenvalue weighted by Crippen LogP contribution is -2.19. The summed E-state index contributed by atoms with van der Waals surface area (Å²) in [6.45, 7) is 10.7. The number of allylic oxidation sites excluding steroid dienone is 9. The first-order valence-corrected chi connectivity index (χ1v) is 11.2. The van der Waals surface area contributed by atoms with Gasteiger partial charge in [0.25, 0.3) is 5.91 Å². The van der Waals surface area contributed by atoms with Crippen LogP contribution in [0.1, 0.15) is 64.2 Å². The summed E-state index contributed by atoms with van der Waals surface area (Å²) in [5, 5.41) is 3.07. The van der Waals surface area contributed by atoms with Gasteiger partial charge in [-0.1, -0.05) is 67.0 Å². The molecule has 1 aliphatic carbocycles. The highest BCUT2D eigenvalue weighted by Crippen LogP contribution is 2.40. The fraction of sp³-hybridized carbons (Fsp3) is 0.333. The van der Waals surface area contributed by atoms with Gasteiger partial charge in [0, 0.05) is 11.1 Å². The van der Waals surface area contributed by atoms with Crippen LogP contribution < -0.4 is 11.1 Å². The van der Waals surface area contributed by atoms with E-state index in [0.717, 1.165) is 11.1 Å². The number of hydrogen-bond donors (Lipinski definition) is 2. The minimum Gasteiger partial charge on any atom is -0.366 e. The van der Waals surface area contributed by atoms with Gasteiger partial charge in [-0.3, -0.25) is 9.59 Å². The van der Waals surface area contributed by atoms with E-state index in [9.17, 15) is 9.59 Å². The Hall–Kier alpha value is -2.85. The summed E-state index contributed by atoms with van der Waals surface area (Å²) in [7, 11) is 0. The molecule has 0 spiro atoms. The van der Waals surface area contributed by atoms with Gasteiger partial charge in [-0.25, -0.2) is 0 Å². The molecule has 0 saturated carbocycles. The first kappa shape index (κ1) is 25.4. The molecule has 0 unspecified atom stereocenters. The quantitative estimate of drug-likeness (QED) is 0.348. The number of amides is 2. The van der Waals surface area contributed by atoms with E-state index in [1.165, 1.54) is 48.6 Å². The molecule has 0 bridgehead atoms. The van der Waals surface area contributed by atoms with E-state index < -0.39 is 5.91 Å². The summed E-state index contributed by atoms with van der Waals surface area (Å²) in [4.78, 5) is 23.9. The fourth-order valence-corrected chi connectivity index (χ4v) is 4.06. The standard InChI is InChI=1S/C27H33ClN2O2/c1-18(11-14-23-20(3)10-7-15-27(23,4)5)8-6-9-19(2)16-25(31)30-24-17-21(28)12-13-22(24)26(29)32/h6,8-9,11-14,16-17H,7,10,15H2,1-5H3,(H2,29,32)(H,30,31). The van der Waals surface area contributed by atoms with Crippen molar-refractivity contribution in [1.82, 2.24) is 0 Å². The lowest BCUT2D eigenvalue weighted by molar-refractivity contribution is -0.111. The average Bonchev–Trinajstić information content (AvgIpc) is 2.66. The monoisotopic (exact) mass is 452 g/mol. The first-order valence-electron chi connectivity index (χ1n) is 10.8. The molecular weight excluding hydrogens is 420 g/mol. The third-order valence-corrected chi connectivity index (χ3v) is 5.87. The van der Waals surface area contributed by atoms with Crippen molar-refractivity contribution in [3.8, 4) is 0 Å². The van der Waals surface area contributed by atoms with Crippen LogP contribution in [-0.4, -0.2) is 11.8 Å². The van der Waals surface area contributed by atoms with Crippen LogP contribution in [0.25, 0.3) is 0 Å². The van der Waals surface area contributed by atoms with E-state index in [-0.39, 0.29) is 16.9 Å². The lowest BCUT2D eigenvalue weighted by Gasteiger charge is -2.32. The van der Waals surface area contributed by atoms with Gasteiger partial charge in [-0.05, 0) is 74.8 Å². The van der Waals surface area contributed by atoms with Crippen LogP contribution in [0.2, 0.25) is 5.02 Å². The largest absolute Gasteiger partial charge is 0.366 e. The van der Waals surface area contributed by atoms with Crippen LogP contribution in [0.3, 0.4) is 0 Å². The Morgan fingerprint density at radius 1 is 1.16 bits per heavy atom. The van der Waals surface area contributed by atoms with E-state index in [4.69, 9.17) is 17.3 Å². The zero-order chi connectivity index (χ0) is 23.9. The van der Waals surface area contributed by atoms with Gasteiger partial charge >= 0.3 is 0 Å². The molecule has 1 aromatic carbocycles. The van der Waals surface area contributed by atoms with E-state index >= 15 is 0 Å². The van der Waals surface area contributed by atoms with E-state index in [1.807, 2.05) is 25.2 Å². The average molecular weight is 453 g/mol. The van der Waals surface area contributed by atoms with Gasteiger partial charge in [0.2, 0.25) is 5.91 Å². The molecule has 1 aromatic rings. The third-order valence-electron chi connectivity index (χ3n) is 5.64. The fourth-order valence-electron chi connectivity index (χ4n) is 3.89. The molecule has 170 valence electrons. The van der Waals surface area contributed by atoms with Crippen molar-refractivity contribution in [1.29, 1.82) is 0 Å². The summed E-state index contributed by atoms with van der Waals surface area (Å²) in [6, 6.07) is 4.54. The summed E-state index contributed by atoms with van der Waals surface area (Å²) in [6.07, 6.45) is 15.3. The molecule has 0 fully saturated rings. The Bertz CT molecular complexity index is 1040. The van der Waals surface area contributed by atoms with Crippen LogP contribution in [0.5, 0.6) is 0 Å². The molecule has 3 N–H and O–H groups in total. The van der Waals surface area contributed by atoms with Crippen molar-refractivity contribution in [3.63, 3.8) is 0 Å². The molecular formula is C27H33ClN2O2. The predicted octanol–water partition coefficient (Wildman–Crippen LogP) is 6.91.